The van der Waals surface area contributed by atoms with Crippen LogP contribution in [0.3, 0.4) is 0 Å². The van der Waals surface area contributed by atoms with Crippen molar-refractivity contribution >= 4 is 19.8 Å². The first-order valence-electron chi connectivity index (χ1n) is 32.2. The Morgan fingerprint density at radius 3 is 0.877 bits per heavy atom. The first-order valence-corrected chi connectivity index (χ1v) is 33.7. The Morgan fingerprint density at radius 1 is 0.370 bits per heavy atom. The van der Waals surface area contributed by atoms with Crippen molar-refractivity contribution in [3.63, 3.8) is 0 Å². The highest BCUT2D eigenvalue weighted by Gasteiger charge is 2.22. The van der Waals surface area contributed by atoms with E-state index in [0.29, 0.717) is 17.4 Å². The van der Waals surface area contributed by atoms with E-state index >= 15 is 0 Å². The number of quaternary nitrogens is 1. The second-order valence-electron chi connectivity index (χ2n) is 23.5. The van der Waals surface area contributed by atoms with Crippen molar-refractivity contribution in [2.45, 2.75) is 347 Å². The number of phosphoric ester groups is 1. The van der Waals surface area contributed by atoms with Gasteiger partial charge < -0.3 is 27.9 Å². The third kappa shape index (κ3) is 60.1. The van der Waals surface area contributed by atoms with Crippen molar-refractivity contribution in [2.75, 3.05) is 47.5 Å². The molecule has 436 valence electrons. The summed E-state index contributed by atoms with van der Waals surface area (Å²) in [4.78, 5) is 37.8. The number of rotatable bonds is 61. The van der Waals surface area contributed by atoms with E-state index in [9.17, 15) is 19.0 Å². The minimum absolute atomic E-state index is 0.0253. The first-order chi connectivity index (χ1) is 35.5. The topological polar surface area (TPSA) is 111 Å². The Morgan fingerprint density at radius 2 is 0.616 bits per heavy atom. The number of likely N-dealkylation sites (N-methyl/N-ethyl adjacent to an activating group) is 1. The largest absolute Gasteiger partial charge is 0.756 e. The fourth-order valence-electron chi connectivity index (χ4n) is 9.90. The number of unbranched alkanes of at least 4 members (excludes halogenated alkanes) is 47. The van der Waals surface area contributed by atoms with E-state index in [2.05, 4.69) is 13.8 Å². The van der Waals surface area contributed by atoms with Crippen LogP contribution in [-0.2, 0) is 32.7 Å². The van der Waals surface area contributed by atoms with Crippen LogP contribution in [0.25, 0.3) is 0 Å². The summed E-state index contributed by atoms with van der Waals surface area (Å²) in [5.74, 6) is -0.812. The molecule has 0 aliphatic heterocycles. The SMILES string of the molecule is CCCCCCCCCCCCCCCCCCCCCCCCCCCCCCCCCCCCCCCC(=O)OC(COC(=O)CCCCCCCCCCCCCC)COP(=O)([O-])OCC[N+](C)(C)C. The second-order valence-corrected chi connectivity index (χ2v) is 24.9. The molecule has 73 heavy (non-hydrogen) atoms. The Bertz CT molecular complexity index is 1200. The minimum Gasteiger partial charge on any atom is -0.756 e. The van der Waals surface area contributed by atoms with Crippen LogP contribution >= 0.6 is 7.82 Å². The number of carbonyl (C=O) groups is 2. The maximum Gasteiger partial charge on any atom is 0.306 e. The van der Waals surface area contributed by atoms with Gasteiger partial charge in [0.15, 0.2) is 6.10 Å². The number of ether oxygens (including phenoxy) is 2. The fourth-order valence-corrected chi connectivity index (χ4v) is 10.6. The standard InChI is InChI=1S/C63H126NO8P/c1-6-8-10-12-14-16-18-20-21-22-23-24-25-26-27-28-29-30-31-32-33-34-35-36-37-38-39-40-41-42-43-44-46-48-50-52-54-56-63(66)72-61(60-71-73(67,68)70-58-57-64(3,4)5)59-69-62(65)55-53-51-49-47-45-19-17-15-13-11-9-7-2/h61H,6-60H2,1-5H3. The van der Waals surface area contributed by atoms with Crippen molar-refractivity contribution < 1.29 is 42.1 Å². The Kier molecular flexibility index (Phi) is 55.0. The molecule has 0 fully saturated rings. The van der Waals surface area contributed by atoms with Gasteiger partial charge in [-0.2, -0.15) is 0 Å². The van der Waals surface area contributed by atoms with Gasteiger partial charge in [0, 0.05) is 12.8 Å². The molecule has 0 aromatic rings. The van der Waals surface area contributed by atoms with Crippen LogP contribution in [0.4, 0.5) is 0 Å². The number of phosphoric acid groups is 1. The van der Waals surface area contributed by atoms with Crippen LogP contribution in [-0.4, -0.2) is 70.0 Å². The van der Waals surface area contributed by atoms with Gasteiger partial charge in [-0.15, -0.1) is 0 Å². The Hall–Kier alpha value is -0.990. The average molecular weight is 1060 g/mol. The summed E-state index contributed by atoms with van der Waals surface area (Å²) < 4.78 is 34.1. The van der Waals surface area contributed by atoms with E-state index in [1.165, 1.54) is 276 Å². The van der Waals surface area contributed by atoms with Gasteiger partial charge in [-0.3, -0.25) is 14.2 Å². The zero-order valence-corrected chi connectivity index (χ0v) is 50.5. The number of hydrogen-bond acceptors (Lipinski definition) is 8. The molecule has 9 nitrogen and oxygen atoms in total. The van der Waals surface area contributed by atoms with E-state index in [4.69, 9.17) is 18.5 Å². The quantitative estimate of drug-likeness (QED) is 0.0256. The van der Waals surface area contributed by atoms with Crippen LogP contribution in [0, 0.1) is 0 Å². The molecular formula is C63H126NO8P. The maximum atomic E-state index is 12.8. The normalized spacial score (nSPS) is 13.1. The molecule has 2 atom stereocenters. The number of hydrogen-bond donors (Lipinski definition) is 0. The van der Waals surface area contributed by atoms with Crippen molar-refractivity contribution in [1.29, 1.82) is 0 Å². The molecule has 0 bridgehead atoms. The minimum atomic E-state index is -4.62. The molecule has 0 saturated carbocycles. The van der Waals surface area contributed by atoms with Gasteiger partial charge in [0.1, 0.15) is 19.8 Å². The molecule has 10 heteroatoms. The maximum absolute atomic E-state index is 12.8. The van der Waals surface area contributed by atoms with Gasteiger partial charge >= 0.3 is 11.9 Å². The van der Waals surface area contributed by atoms with E-state index in [-0.39, 0.29) is 32.0 Å². The highest BCUT2D eigenvalue weighted by molar-refractivity contribution is 7.45. The molecule has 0 N–H and O–H groups in total. The van der Waals surface area contributed by atoms with E-state index in [1.807, 2.05) is 21.1 Å². The van der Waals surface area contributed by atoms with Crippen LogP contribution in [0.15, 0.2) is 0 Å². The van der Waals surface area contributed by atoms with E-state index < -0.39 is 26.5 Å². The number of esters is 2. The van der Waals surface area contributed by atoms with Crippen LogP contribution < -0.4 is 4.89 Å². The smallest absolute Gasteiger partial charge is 0.306 e. The van der Waals surface area contributed by atoms with Gasteiger partial charge in [-0.05, 0) is 12.8 Å². The summed E-state index contributed by atoms with van der Waals surface area (Å²) in [5, 5.41) is 0. The molecule has 0 aromatic heterocycles. The van der Waals surface area contributed by atoms with Crippen molar-refractivity contribution in [2.24, 2.45) is 0 Å². The van der Waals surface area contributed by atoms with Gasteiger partial charge in [0.05, 0.1) is 27.7 Å². The van der Waals surface area contributed by atoms with Crippen molar-refractivity contribution in [3.05, 3.63) is 0 Å². The average Bonchev–Trinajstić information content (AvgIpc) is 3.35. The second kappa shape index (κ2) is 55.8. The molecule has 0 spiro atoms. The lowest BCUT2D eigenvalue weighted by Crippen LogP contribution is -2.37. The summed E-state index contributed by atoms with van der Waals surface area (Å²) in [6.07, 6.45) is 64.9. The summed E-state index contributed by atoms with van der Waals surface area (Å²) >= 11 is 0. The predicted octanol–water partition coefficient (Wildman–Crippen LogP) is 19.6. The highest BCUT2D eigenvalue weighted by atomic mass is 31.2. The zero-order chi connectivity index (χ0) is 53.5. The summed E-state index contributed by atoms with van der Waals surface area (Å²) in [5.41, 5.74) is 0. The molecule has 0 radical (unpaired) electrons. The molecule has 0 saturated heterocycles. The predicted molar refractivity (Wildman–Crippen MR) is 310 cm³/mol. The highest BCUT2D eigenvalue weighted by Crippen LogP contribution is 2.38. The Balaban J connectivity index is 3.83. The molecule has 0 aliphatic carbocycles. The third-order valence-corrected chi connectivity index (χ3v) is 15.8. The van der Waals surface area contributed by atoms with Crippen molar-refractivity contribution in [1.82, 2.24) is 0 Å². The van der Waals surface area contributed by atoms with Gasteiger partial charge in [0.2, 0.25) is 0 Å². The molecule has 0 rings (SSSR count). The summed E-state index contributed by atoms with van der Waals surface area (Å²) in [6.45, 7) is 4.30. The van der Waals surface area contributed by atoms with Crippen LogP contribution in [0.1, 0.15) is 341 Å². The van der Waals surface area contributed by atoms with E-state index in [1.54, 1.807) is 0 Å². The lowest BCUT2D eigenvalue weighted by molar-refractivity contribution is -0.870. The number of carbonyl (C=O) groups excluding carboxylic acids is 2. The molecule has 0 amide bonds. The molecule has 2 unspecified atom stereocenters. The molecule has 0 heterocycles. The van der Waals surface area contributed by atoms with Crippen LogP contribution in [0.2, 0.25) is 0 Å². The number of nitrogens with zero attached hydrogens (tertiary/aromatic N) is 1. The summed E-state index contributed by atoms with van der Waals surface area (Å²) in [6, 6.07) is 0. The lowest BCUT2D eigenvalue weighted by atomic mass is 10.0. The van der Waals surface area contributed by atoms with Crippen molar-refractivity contribution in [3.8, 4) is 0 Å². The van der Waals surface area contributed by atoms with Gasteiger partial charge in [-0.1, -0.05) is 316 Å². The van der Waals surface area contributed by atoms with Gasteiger partial charge in [-0.25, -0.2) is 0 Å². The molecule has 0 aromatic carbocycles. The van der Waals surface area contributed by atoms with Crippen LogP contribution in [0.5, 0.6) is 0 Å². The molecule has 0 aliphatic rings. The molecular weight excluding hydrogens is 930 g/mol. The fraction of sp³-hybridized carbons (Fsp3) is 0.968. The van der Waals surface area contributed by atoms with E-state index in [0.717, 1.165) is 32.1 Å². The van der Waals surface area contributed by atoms with Gasteiger partial charge in [0.25, 0.3) is 7.82 Å². The third-order valence-electron chi connectivity index (χ3n) is 14.9. The lowest BCUT2D eigenvalue weighted by Gasteiger charge is -2.28. The Labute approximate surface area is 454 Å². The summed E-state index contributed by atoms with van der Waals surface area (Å²) in [7, 11) is 1.19. The first kappa shape index (κ1) is 72.0. The zero-order valence-electron chi connectivity index (χ0n) is 49.6. The monoisotopic (exact) mass is 1060 g/mol.